The first-order chi connectivity index (χ1) is 10.3. The molecule has 4 heteroatoms. The fourth-order valence-corrected chi connectivity index (χ4v) is 2.81. The summed E-state index contributed by atoms with van der Waals surface area (Å²) < 4.78 is 0. The van der Waals surface area contributed by atoms with Crippen molar-refractivity contribution in [1.82, 2.24) is 9.88 Å². The number of amides is 1. The molecule has 0 aromatic carbocycles. The number of aliphatic hydroxyl groups is 1. The van der Waals surface area contributed by atoms with E-state index >= 15 is 0 Å². The third-order valence-corrected chi connectivity index (χ3v) is 3.84. The molecule has 21 heavy (non-hydrogen) atoms. The summed E-state index contributed by atoms with van der Waals surface area (Å²) in [6.45, 7) is 2.74. The average molecular weight is 286 g/mol. The zero-order valence-corrected chi connectivity index (χ0v) is 12.5. The topological polar surface area (TPSA) is 53.4 Å². The lowest BCUT2D eigenvalue weighted by molar-refractivity contribution is 0.0687. The molecule has 0 spiro atoms. The molecule has 2 rings (SSSR count). The summed E-state index contributed by atoms with van der Waals surface area (Å²) in [6, 6.07) is 3.93. The van der Waals surface area contributed by atoms with Gasteiger partial charge in [0, 0.05) is 25.2 Å². The van der Waals surface area contributed by atoms with Crippen LogP contribution in [0.4, 0.5) is 0 Å². The molecular formula is C17H22N2O2. The molecule has 1 fully saturated rings. The van der Waals surface area contributed by atoms with Crippen LogP contribution in [0.15, 0.2) is 18.3 Å². The molecule has 0 saturated heterocycles. The Kier molecular flexibility index (Phi) is 5.77. The van der Waals surface area contributed by atoms with E-state index in [1.165, 1.54) is 12.8 Å². The predicted octanol–water partition coefficient (Wildman–Crippen LogP) is 2.22. The van der Waals surface area contributed by atoms with E-state index in [0.29, 0.717) is 30.3 Å². The molecule has 0 unspecified atom stereocenters. The van der Waals surface area contributed by atoms with Crippen LogP contribution < -0.4 is 0 Å². The van der Waals surface area contributed by atoms with Gasteiger partial charge in [-0.05, 0) is 31.9 Å². The van der Waals surface area contributed by atoms with E-state index in [-0.39, 0.29) is 12.5 Å². The zero-order chi connectivity index (χ0) is 15.1. The fourth-order valence-electron chi connectivity index (χ4n) is 2.81. The van der Waals surface area contributed by atoms with Gasteiger partial charge >= 0.3 is 0 Å². The van der Waals surface area contributed by atoms with E-state index in [2.05, 4.69) is 16.8 Å². The van der Waals surface area contributed by atoms with Crippen molar-refractivity contribution in [3.63, 3.8) is 0 Å². The lowest BCUT2D eigenvalue weighted by Gasteiger charge is -2.27. The smallest absolute Gasteiger partial charge is 0.273 e. The van der Waals surface area contributed by atoms with E-state index in [1.54, 1.807) is 12.3 Å². The summed E-state index contributed by atoms with van der Waals surface area (Å²) >= 11 is 0. The summed E-state index contributed by atoms with van der Waals surface area (Å²) in [5, 5.41) is 8.80. The first kappa shape index (κ1) is 15.5. The summed E-state index contributed by atoms with van der Waals surface area (Å²) in [5.74, 6) is 5.78. The SMILES string of the molecule is CCN(C(=O)c1ncccc1C#CCCO)C1CCCC1. The molecule has 1 aromatic heterocycles. The third-order valence-electron chi connectivity index (χ3n) is 3.84. The van der Waals surface area contributed by atoms with Crippen LogP contribution in [-0.4, -0.2) is 40.1 Å². The summed E-state index contributed by atoms with van der Waals surface area (Å²) in [4.78, 5) is 18.9. The first-order valence-electron chi connectivity index (χ1n) is 7.63. The van der Waals surface area contributed by atoms with Crippen LogP contribution in [0, 0.1) is 11.8 Å². The molecule has 1 aliphatic rings. The molecule has 112 valence electrons. The number of aromatic nitrogens is 1. The van der Waals surface area contributed by atoms with Crippen LogP contribution in [0.3, 0.4) is 0 Å². The van der Waals surface area contributed by atoms with Crippen molar-refractivity contribution < 1.29 is 9.90 Å². The average Bonchev–Trinajstić information content (AvgIpc) is 3.03. The molecule has 1 saturated carbocycles. The van der Waals surface area contributed by atoms with Crippen LogP contribution >= 0.6 is 0 Å². The number of nitrogens with zero attached hydrogens (tertiary/aromatic N) is 2. The van der Waals surface area contributed by atoms with E-state index < -0.39 is 0 Å². The van der Waals surface area contributed by atoms with Crippen molar-refractivity contribution in [3.05, 3.63) is 29.6 Å². The highest BCUT2D eigenvalue weighted by atomic mass is 16.2. The van der Waals surface area contributed by atoms with Crippen molar-refractivity contribution in [2.24, 2.45) is 0 Å². The number of carbonyl (C=O) groups is 1. The number of hydrogen-bond donors (Lipinski definition) is 1. The molecule has 1 heterocycles. The normalized spacial score (nSPS) is 14.6. The molecule has 4 nitrogen and oxygen atoms in total. The minimum Gasteiger partial charge on any atom is -0.395 e. The maximum Gasteiger partial charge on any atom is 0.273 e. The quantitative estimate of drug-likeness (QED) is 0.864. The van der Waals surface area contributed by atoms with Crippen molar-refractivity contribution in [2.75, 3.05) is 13.2 Å². The van der Waals surface area contributed by atoms with Gasteiger partial charge in [-0.2, -0.15) is 0 Å². The van der Waals surface area contributed by atoms with Crippen LogP contribution in [0.1, 0.15) is 55.1 Å². The van der Waals surface area contributed by atoms with Gasteiger partial charge in [0.05, 0.1) is 12.2 Å². The molecule has 1 N–H and O–H groups in total. The molecule has 1 aliphatic carbocycles. The number of rotatable bonds is 4. The Morgan fingerprint density at radius 2 is 2.24 bits per heavy atom. The minimum atomic E-state index is -0.0294. The Morgan fingerprint density at radius 1 is 1.48 bits per heavy atom. The first-order valence-corrected chi connectivity index (χ1v) is 7.63. The maximum atomic E-state index is 12.8. The van der Waals surface area contributed by atoms with Crippen LogP contribution in [0.5, 0.6) is 0 Å². The van der Waals surface area contributed by atoms with Gasteiger partial charge in [-0.15, -0.1) is 0 Å². The second kappa shape index (κ2) is 7.80. The van der Waals surface area contributed by atoms with Gasteiger partial charge in [-0.25, -0.2) is 4.98 Å². The highest BCUT2D eigenvalue weighted by Gasteiger charge is 2.27. The number of aliphatic hydroxyl groups excluding tert-OH is 1. The standard InChI is InChI=1S/C17H22N2O2/c1-2-19(15-10-3-4-11-15)17(21)16-14(8-5-6-13-20)9-7-12-18-16/h7,9,12,15,20H,2-4,6,10-11,13H2,1H3. The molecule has 1 amide bonds. The Bertz CT molecular complexity index is 539. The highest BCUT2D eigenvalue weighted by molar-refractivity contribution is 5.95. The number of carbonyl (C=O) groups excluding carboxylic acids is 1. The van der Waals surface area contributed by atoms with Gasteiger partial charge in [0.2, 0.25) is 0 Å². The molecular weight excluding hydrogens is 264 g/mol. The Labute approximate surface area is 126 Å². The highest BCUT2D eigenvalue weighted by Crippen LogP contribution is 2.24. The Hall–Kier alpha value is -1.86. The lowest BCUT2D eigenvalue weighted by atomic mass is 10.1. The van der Waals surface area contributed by atoms with Crippen molar-refractivity contribution in [1.29, 1.82) is 0 Å². The second-order valence-electron chi connectivity index (χ2n) is 5.20. The van der Waals surface area contributed by atoms with Crippen molar-refractivity contribution in [2.45, 2.75) is 45.1 Å². The van der Waals surface area contributed by atoms with E-state index in [9.17, 15) is 4.79 Å². The van der Waals surface area contributed by atoms with Gasteiger partial charge in [-0.3, -0.25) is 4.79 Å². The van der Waals surface area contributed by atoms with Crippen LogP contribution in [-0.2, 0) is 0 Å². The summed E-state index contributed by atoms with van der Waals surface area (Å²) in [7, 11) is 0. The monoisotopic (exact) mass is 286 g/mol. The van der Waals surface area contributed by atoms with Crippen molar-refractivity contribution >= 4 is 5.91 Å². The van der Waals surface area contributed by atoms with Gasteiger partial charge < -0.3 is 10.0 Å². The van der Waals surface area contributed by atoms with Crippen LogP contribution in [0.25, 0.3) is 0 Å². The van der Waals surface area contributed by atoms with Crippen molar-refractivity contribution in [3.8, 4) is 11.8 Å². The second-order valence-corrected chi connectivity index (χ2v) is 5.20. The number of hydrogen-bond acceptors (Lipinski definition) is 3. The minimum absolute atomic E-state index is 0.0275. The van der Waals surface area contributed by atoms with E-state index in [0.717, 1.165) is 12.8 Å². The molecule has 0 aliphatic heterocycles. The summed E-state index contributed by atoms with van der Waals surface area (Å²) in [5.41, 5.74) is 1.07. The van der Waals surface area contributed by atoms with Gasteiger partial charge in [0.25, 0.3) is 5.91 Å². The fraction of sp³-hybridized carbons (Fsp3) is 0.529. The zero-order valence-electron chi connectivity index (χ0n) is 12.5. The van der Waals surface area contributed by atoms with Gasteiger partial charge in [-0.1, -0.05) is 24.7 Å². The molecule has 1 aromatic rings. The molecule has 0 radical (unpaired) electrons. The van der Waals surface area contributed by atoms with E-state index in [1.807, 2.05) is 17.9 Å². The maximum absolute atomic E-state index is 12.8. The third kappa shape index (κ3) is 3.83. The molecule has 0 atom stereocenters. The van der Waals surface area contributed by atoms with Gasteiger partial charge in [0.1, 0.15) is 5.69 Å². The largest absolute Gasteiger partial charge is 0.395 e. The number of pyridine rings is 1. The summed E-state index contributed by atoms with van der Waals surface area (Å²) in [6.07, 6.45) is 6.59. The molecule has 0 bridgehead atoms. The Morgan fingerprint density at radius 3 is 2.90 bits per heavy atom. The van der Waals surface area contributed by atoms with E-state index in [4.69, 9.17) is 5.11 Å². The Balaban J connectivity index is 2.23. The predicted molar refractivity (Wildman–Crippen MR) is 81.8 cm³/mol. The lowest BCUT2D eigenvalue weighted by Crippen LogP contribution is -2.39. The van der Waals surface area contributed by atoms with Gasteiger partial charge in [0.15, 0.2) is 0 Å². The van der Waals surface area contributed by atoms with Crippen LogP contribution in [0.2, 0.25) is 0 Å².